The van der Waals surface area contributed by atoms with Crippen LogP contribution in [0.25, 0.3) is 0 Å². The third-order valence-corrected chi connectivity index (χ3v) is 4.10. The van der Waals surface area contributed by atoms with Gasteiger partial charge in [0.05, 0.1) is 31.5 Å². The molecule has 0 bridgehead atoms. The van der Waals surface area contributed by atoms with Crippen LogP contribution in [0.15, 0.2) is 36.4 Å². The number of amides is 1. The normalized spacial score (nSPS) is 13.0. The zero-order chi connectivity index (χ0) is 22.7. The van der Waals surface area contributed by atoms with Crippen LogP contribution in [-0.2, 0) is 12.4 Å². The van der Waals surface area contributed by atoms with Crippen molar-refractivity contribution in [3.8, 4) is 11.5 Å². The van der Waals surface area contributed by atoms with Gasteiger partial charge in [0.1, 0.15) is 0 Å². The largest absolute Gasteiger partial charge is 0.493 e. The minimum Gasteiger partial charge on any atom is -0.493 e. The predicted molar refractivity (Wildman–Crippen MR) is 93.3 cm³/mol. The van der Waals surface area contributed by atoms with Crippen LogP contribution in [0.1, 0.15) is 33.2 Å². The molecule has 2 aromatic carbocycles. The summed E-state index contributed by atoms with van der Waals surface area (Å²) in [6, 6.07) is 4.92. The number of hydrogen-bond donors (Lipinski definition) is 2. The molecule has 0 saturated heterocycles. The van der Waals surface area contributed by atoms with Crippen molar-refractivity contribution < 1.29 is 45.7 Å². The second kappa shape index (κ2) is 8.82. The molecule has 11 heteroatoms. The van der Waals surface area contributed by atoms with Crippen LogP contribution in [0.4, 0.5) is 26.3 Å². The number of ether oxygens (including phenoxy) is 2. The Labute approximate surface area is 167 Å². The van der Waals surface area contributed by atoms with Crippen LogP contribution in [0, 0.1) is 0 Å². The third-order valence-electron chi connectivity index (χ3n) is 4.10. The van der Waals surface area contributed by atoms with Gasteiger partial charge in [-0.3, -0.25) is 4.79 Å². The number of alkyl halides is 6. The van der Waals surface area contributed by atoms with Gasteiger partial charge in [-0.05, 0) is 35.9 Å². The second-order valence-corrected chi connectivity index (χ2v) is 6.13. The Bertz CT molecular complexity index is 879. The number of carbonyl (C=O) groups is 1. The van der Waals surface area contributed by atoms with E-state index in [4.69, 9.17) is 9.47 Å². The smallest absolute Gasteiger partial charge is 0.416 e. The lowest BCUT2D eigenvalue weighted by molar-refractivity contribution is -0.143. The van der Waals surface area contributed by atoms with Crippen LogP contribution >= 0.6 is 0 Å². The summed E-state index contributed by atoms with van der Waals surface area (Å²) in [5, 5.41) is 12.3. The molecule has 0 aliphatic heterocycles. The Kier molecular flexibility index (Phi) is 6.86. The molecule has 1 amide bonds. The van der Waals surface area contributed by atoms with Crippen LogP contribution in [0.5, 0.6) is 11.5 Å². The molecule has 0 aliphatic rings. The van der Waals surface area contributed by atoms with Gasteiger partial charge in [0, 0.05) is 12.1 Å². The molecule has 1 unspecified atom stereocenters. The van der Waals surface area contributed by atoms with Gasteiger partial charge in [0.25, 0.3) is 5.91 Å². The lowest BCUT2D eigenvalue weighted by Crippen LogP contribution is -2.29. The number of rotatable bonds is 6. The molecule has 0 radical (unpaired) electrons. The van der Waals surface area contributed by atoms with E-state index >= 15 is 0 Å². The summed E-state index contributed by atoms with van der Waals surface area (Å²) in [6.07, 6.45) is -11.5. The van der Waals surface area contributed by atoms with Crippen molar-refractivity contribution in [2.24, 2.45) is 0 Å². The van der Waals surface area contributed by atoms with Crippen LogP contribution in [0.3, 0.4) is 0 Å². The summed E-state index contributed by atoms with van der Waals surface area (Å²) in [6.45, 7) is -0.466. The van der Waals surface area contributed by atoms with Crippen molar-refractivity contribution in [1.82, 2.24) is 5.32 Å². The number of methoxy groups -OCH3 is 2. The molecule has 164 valence electrons. The van der Waals surface area contributed by atoms with Crippen molar-refractivity contribution in [2.45, 2.75) is 18.5 Å². The Morgan fingerprint density at radius 2 is 1.47 bits per heavy atom. The SMILES string of the molecule is COc1ccc(C(O)CNC(=O)c2cc(C(F)(F)F)cc(C(F)(F)F)c2)cc1OC. The molecule has 0 aliphatic carbocycles. The molecule has 0 aromatic heterocycles. The highest BCUT2D eigenvalue weighted by atomic mass is 19.4. The molecule has 30 heavy (non-hydrogen) atoms. The molecule has 0 spiro atoms. The van der Waals surface area contributed by atoms with E-state index in [2.05, 4.69) is 5.32 Å². The van der Waals surface area contributed by atoms with Crippen LogP contribution < -0.4 is 14.8 Å². The first-order valence-corrected chi connectivity index (χ1v) is 8.34. The Hall–Kier alpha value is -2.95. The molecular formula is C19H17F6NO4. The molecule has 5 nitrogen and oxygen atoms in total. The molecule has 2 aromatic rings. The van der Waals surface area contributed by atoms with Crippen molar-refractivity contribution in [3.05, 3.63) is 58.7 Å². The summed E-state index contributed by atoms with van der Waals surface area (Å²) in [4.78, 5) is 12.2. The lowest BCUT2D eigenvalue weighted by atomic mass is 10.0. The van der Waals surface area contributed by atoms with E-state index < -0.39 is 47.6 Å². The second-order valence-electron chi connectivity index (χ2n) is 6.13. The van der Waals surface area contributed by atoms with E-state index in [0.717, 1.165) is 0 Å². The first-order valence-electron chi connectivity index (χ1n) is 8.34. The highest BCUT2D eigenvalue weighted by molar-refractivity contribution is 5.94. The molecule has 0 saturated carbocycles. The van der Waals surface area contributed by atoms with Crippen molar-refractivity contribution in [1.29, 1.82) is 0 Å². The van der Waals surface area contributed by atoms with E-state index in [-0.39, 0.29) is 17.4 Å². The summed E-state index contributed by atoms with van der Waals surface area (Å²) < 4.78 is 87.6. The Morgan fingerprint density at radius 1 is 0.933 bits per heavy atom. The molecule has 0 fully saturated rings. The van der Waals surface area contributed by atoms with Crippen molar-refractivity contribution in [3.63, 3.8) is 0 Å². The molecule has 0 heterocycles. The average molecular weight is 437 g/mol. The number of carbonyl (C=O) groups excluding carboxylic acids is 1. The number of aliphatic hydroxyl groups is 1. The minimum absolute atomic E-state index is 0.0741. The maximum absolute atomic E-state index is 12.9. The van der Waals surface area contributed by atoms with Gasteiger partial charge < -0.3 is 19.9 Å². The fraction of sp³-hybridized carbons (Fsp3) is 0.316. The highest BCUT2D eigenvalue weighted by Crippen LogP contribution is 2.36. The first kappa shape index (κ1) is 23.3. The summed E-state index contributed by atoms with van der Waals surface area (Å²) >= 11 is 0. The quantitative estimate of drug-likeness (QED) is 0.665. The zero-order valence-corrected chi connectivity index (χ0v) is 15.7. The van der Waals surface area contributed by atoms with Gasteiger partial charge in [0.15, 0.2) is 11.5 Å². The lowest BCUT2D eigenvalue weighted by Gasteiger charge is -2.16. The van der Waals surface area contributed by atoms with Gasteiger partial charge in [-0.2, -0.15) is 26.3 Å². The average Bonchev–Trinajstić information content (AvgIpc) is 2.69. The van der Waals surface area contributed by atoms with Gasteiger partial charge in [-0.15, -0.1) is 0 Å². The molecular weight excluding hydrogens is 420 g/mol. The predicted octanol–water partition coefficient (Wildman–Crippen LogP) is 4.20. The number of benzene rings is 2. The monoisotopic (exact) mass is 437 g/mol. The van der Waals surface area contributed by atoms with E-state index in [1.165, 1.54) is 32.4 Å². The van der Waals surface area contributed by atoms with Gasteiger partial charge in [-0.25, -0.2) is 0 Å². The number of nitrogens with one attached hydrogen (secondary N) is 1. The Morgan fingerprint density at radius 3 is 1.93 bits per heavy atom. The fourth-order valence-corrected chi connectivity index (χ4v) is 2.56. The summed E-state index contributed by atoms with van der Waals surface area (Å²) in [5.74, 6) is -0.541. The topological polar surface area (TPSA) is 67.8 Å². The molecule has 2 N–H and O–H groups in total. The van der Waals surface area contributed by atoms with Gasteiger partial charge in [0.2, 0.25) is 0 Å². The molecule has 2 rings (SSSR count). The van der Waals surface area contributed by atoms with E-state index in [1.807, 2.05) is 0 Å². The number of aliphatic hydroxyl groups excluding tert-OH is 1. The number of hydrogen-bond acceptors (Lipinski definition) is 4. The number of halogens is 6. The minimum atomic E-state index is -5.07. The van der Waals surface area contributed by atoms with E-state index in [9.17, 15) is 36.2 Å². The fourth-order valence-electron chi connectivity index (χ4n) is 2.56. The summed E-state index contributed by atoms with van der Waals surface area (Å²) in [7, 11) is 2.76. The van der Waals surface area contributed by atoms with Crippen molar-refractivity contribution >= 4 is 5.91 Å². The maximum atomic E-state index is 12.9. The van der Waals surface area contributed by atoms with Crippen LogP contribution in [-0.4, -0.2) is 31.8 Å². The van der Waals surface area contributed by atoms with E-state index in [0.29, 0.717) is 17.9 Å². The first-order chi connectivity index (χ1) is 13.9. The maximum Gasteiger partial charge on any atom is 0.416 e. The summed E-state index contributed by atoms with van der Waals surface area (Å²) in [5.41, 5.74) is -3.77. The van der Waals surface area contributed by atoms with Crippen molar-refractivity contribution in [2.75, 3.05) is 20.8 Å². The van der Waals surface area contributed by atoms with Gasteiger partial charge in [-0.1, -0.05) is 6.07 Å². The van der Waals surface area contributed by atoms with Crippen LogP contribution in [0.2, 0.25) is 0 Å². The zero-order valence-electron chi connectivity index (χ0n) is 15.7. The molecule has 1 atom stereocenters. The van der Waals surface area contributed by atoms with E-state index in [1.54, 1.807) is 0 Å². The third kappa shape index (κ3) is 5.56. The Balaban J connectivity index is 2.21. The standard InChI is InChI=1S/C19H17F6NO4/c1-29-15-4-3-10(7-16(15)30-2)14(27)9-26-17(28)11-5-12(18(20,21)22)8-13(6-11)19(23,24)25/h3-8,14,27H,9H2,1-2H3,(H,26,28). The highest BCUT2D eigenvalue weighted by Gasteiger charge is 2.37. The van der Waals surface area contributed by atoms with Gasteiger partial charge >= 0.3 is 12.4 Å².